The average Bonchev–Trinajstić information content (AvgIpc) is 2.93. The van der Waals surface area contributed by atoms with Crippen LogP contribution >= 0.6 is 11.6 Å². The van der Waals surface area contributed by atoms with E-state index in [9.17, 15) is 13.2 Å². The van der Waals surface area contributed by atoms with Gasteiger partial charge in [0.2, 0.25) is 10.0 Å². The van der Waals surface area contributed by atoms with E-state index in [0.29, 0.717) is 11.4 Å². The van der Waals surface area contributed by atoms with E-state index in [1.165, 1.54) is 37.5 Å². The normalized spacial score (nSPS) is 11.8. The van der Waals surface area contributed by atoms with Gasteiger partial charge in [0.15, 0.2) is 0 Å². The van der Waals surface area contributed by atoms with Crippen molar-refractivity contribution in [3.05, 3.63) is 58.9 Å². The molecule has 2 aromatic rings. The number of nitrogens with one attached hydrogen (secondary N) is 1. The lowest BCUT2D eigenvalue weighted by Gasteiger charge is -2.08. The summed E-state index contributed by atoms with van der Waals surface area (Å²) in [5.41, 5.74) is 1.75. The zero-order valence-corrected chi connectivity index (χ0v) is 15.5. The van der Waals surface area contributed by atoms with Crippen LogP contribution in [0, 0.1) is 0 Å². The first-order valence-electron chi connectivity index (χ1n) is 7.49. The van der Waals surface area contributed by atoms with Crippen LogP contribution in [-0.2, 0) is 33.0 Å². The van der Waals surface area contributed by atoms with Gasteiger partial charge in [0.25, 0.3) is 0 Å². The van der Waals surface area contributed by atoms with Crippen molar-refractivity contribution in [2.75, 3.05) is 13.7 Å². The lowest BCUT2D eigenvalue weighted by molar-refractivity contribution is -0.134. The van der Waals surface area contributed by atoms with Crippen molar-refractivity contribution in [1.29, 1.82) is 0 Å². The van der Waals surface area contributed by atoms with E-state index in [-0.39, 0.29) is 11.4 Å². The van der Waals surface area contributed by atoms with Crippen molar-refractivity contribution in [3.63, 3.8) is 0 Å². The summed E-state index contributed by atoms with van der Waals surface area (Å²) in [6.45, 7) is 0.253. The van der Waals surface area contributed by atoms with E-state index in [2.05, 4.69) is 9.46 Å². The molecule has 0 amide bonds. The maximum absolute atomic E-state index is 12.2. The molecule has 0 aliphatic heterocycles. The molecule has 0 saturated heterocycles. The van der Waals surface area contributed by atoms with Crippen LogP contribution in [0.3, 0.4) is 0 Å². The van der Waals surface area contributed by atoms with Crippen molar-refractivity contribution < 1.29 is 17.9 Å². The lowest BCUT2D eigenvalue weighted by atomic mass is 10.3. The summed E-state index contributed by atoms with van der Waals surface area (Å²) in [6, 6.07) is 9.72. The van der Waals surface area contributed by atoms with Crippen molar-refractivity contribution >= 4 is 33.7 Å². The summed E-state index contributed by atoms with van der Waals surface area (Å²) in [4.78, 5) is 11.3. The number of hydrogen-bond acceptors (Lipinski definition) is 4. The van der Waals surface area contributed by atoms with Crippen LogP contribution in [-0.4, -0.2) is 32.6 Å². The summed E-state index contributed by atoms with van der Waals surface area (Å²) in [5, 5.41) is 0.482. The van der Waals surface area contributed by atoms with Gasteiger partial charge in [-0.25, -0.2) is 17.9 Å². The molecular formula is C17H19ClN2O4S. The van der Waals surface area contributed by atoms with E-state index in [0.717, 1.165) is 11.4 Å². The number of carbonyl (C=O) groups excluding carboxylic acids is 1. The summed E-state index contributed by atoms with van der Waals surface area (Å²) >= 11 is 5.77. The predicted octanol–water partition coefficient (Wildman–Crippen LogP) is 2.39. The molecule has 0 aliphatic rings. The van der Waals surface area contributed by atoms with Crippen LogP contribution < -0.4 is 4.72 Å². The number of hydrogen-bond donors (Lipinski definition) is 1. The third-order valence-corrected chi connectivity index (χ3v) is 5.38. The van der Waals surface area contributed by atoms with Gasteiger partial charge in [-0.05, 0) is 42.5 Å². The minimum Gasteiger partial charge on any atom is -0.466 e. The fraction of sp³-hybridized carbons (Fsp3) is 0.235. The second-order valence-corrected chi connectivity index (χ2v) is 7.47. The molecule has 0 spiro atoms. The van der Waals surface area contributed by atoms with Gasteiger partial charge in [0.05, 0.1) is 12.0 Å². The van der Waals surface area contributed by atoms with Gasteiger partial charge in [-0.15, -0.1) is 0 Å². The topological polar surface area (TPSA) is 77.4 Å². The molecule has 0 fully saturated rings. The highest BCUT2D eigenvalue weighted by molar-refractivity contribution is 7.89. The summed E-state index contributed by atoms with van der Waals surface area (Å²) < 4.78 is 33.4. The van der Waals surface area contributed by atoms with Crippen LogP contribution in [0.1, 0.15) is 11.4 Å². The number of sulfonamides is 1. The molecule has 1 aromatic carbocycles. The van der Waals surface area contributed by atoms with Gasteiger partial charge in [-0.1, -0.05) is 11.6 Å². The number of benzene rings is 1. The monoisotopic (exact) mass is 382 g/mol. The Hall–Kier alpha value is -2.09. The first-order valence-corrected chi connectivity index (χ1v) is 9.35. The number of methoxy groups -OCH3 is 1. The maximum Gasteiger partial charge on any atom is 0.330 e. The van der Waals surface area contributed by atoms with Crippen molar-refractivity contribution in [1.82, 2.24) is 9.29 Å². The van der Waals surface area contributed by atoms with Gasteiger partial charge in [-0.2, -0.15) is 0 Å². The predicted molar refractivity (Wildman–Crippen MR) is 96.8 cm³/mol. The first-order chi connectivity index (χ1) is 11.8. The molecule has 0 atom stereocenters. The SMILES string of the molecule is COC(=O)/C=C/c1ccc(CCNS(=O)(=O)c2ccc(Cl)cc2)n1C. The van der Waals surface area contributed by atoms with E-state index in [4.69, 9.17) is 11.6 Å². The third kappa shape index (κ3) is 5.19. The molecule has 0 bridgehead atoms. The van der Waals surface area contributed by atoms with Gasteiger partial charge in [0, 0.05) is 42.5 Å². The van der Waals surface area contributed by atoms with Crippen molar-refractivity contribution in [2.24, 2.45) is 7.05 Å². The zero-order valence-electron chi connectivity index (χ0n) is 13.9. The molecule has 0 radical (unpaired) electrons. The Kier molecular flexibility index (Phi) is 6.41. The Morgan fingerprint density at radius 1 is 1.24 bits per heavy atom. The zero-order chi connectivity index (χ0) is 18.4. The fourth-order valence-electron chi connectivity index (χ4n) is 2.22. The van der Waals surface area contributed by atoms with Crippen LogP contribution in [0.5, 0.6) is 0 Å². The Balaban J connectivity index is 1.98. The van der Waals surface area contributed by atoms with Crippen molar-refractivity contribution in [2.45, 2.75) is 11.3 Å². The first kappa shape index (κ1) is 19.2. The van der Waals surface area contributed by atoms with Gasteiger partial charge < -0.3 is 9.30 Å². The molecule has 134 valence electrons. The second-order valence-electron chi connectivity index (χ2n) is 5.27. The molecule has 8 heteroatoms. The van der Waals surface area contributed by atoms with Crippen LogP contribution in [0.25, 0.3) is 6.08 Å². The Morgan fingerprint density at radius 2 is 1.92 bits per heavy atom. The molecule has 1 aromatic heterocycles. The summed E-state index contributed by atoms with van der Waals surface area (Å²) in [5.74, 6) is -0.432. The molecule has 2 rings (SSSR count). The van der Waals surface area contributed by atoms with Gasteiger partial charge >= 0.3 is 5.97 Å². The Morgan fingerprint density at radius 3 is 2.56 bits per heavy atom. The smallest absolute Gasteiger partial charge is 0.330 e. The second kappa shape index (κ2) is 8.33. The largest absolute Gasteiger partial charge is 0.466 e. The van der Waals surface area contributed by atoms with E-state index in [1.54, 1.807) is 6.08 Å². The number of carbonyl (C=O) groups is 1. The number of rotatable bonds is 7. The molecule has 6 nitrogen and oxygen atoms in total. The van der Waals surface area contributed by atoms with E-state index in [1.807, 2.05) is 23.7 Å². The van der Waals surface area contributed by atoms with Crippen LogP contribution in [0.15, 0.2) is 47.4 Å². The number of halogens is 1. The van der Waals surface area contributed by atoms with E-state index < -0.39 is 16.0 Å². The number of esters is 1. The number of ether oxygens (including phenoxy) is 1. The van der Waals surface area contributed by atoms with Crippen LogP contribution in [0.4, 0.5) is 0 Å². The fourth-order valence-corrected chi connectivity index (χ4v) is 3.38. The highest BCUT2D eigenvalue weighted by Gasteiger charge is 2.13. The number of aromatic nitrogens is 1. The summed E-state index contributed by atoms with van der Waals surface area (Å²) in [6.07, 6.45) is 3.49. The lowest BCUT2D eigenvalue weighted by Crippen LogP contribution is -2.26. The molecule has 25 heavy (non-hydrogen) atoms. The maximum atomic E-state index is 12.2. The minimum atomic E-state index is -3.57. The molecule has 1 heterocycles. The average molecular weight is 383 g/mol. The van der Waals surface area contributed by atoms with Crippen molar-refractivity contribution in [3.8, 4) is 0 Å². The molecule has 1 N–H and O–H groups in total. The standard InChI is InChI=1S/C17H19ClN2O4S/c1-20-14(7-10-17(21)24-2)5-6-15(20)11-12-19-25(22,23)16-8-3-13(18)4-9-16/h3-10,19H,11-12H2,1-2H3/b10-7+. The Labute approximate surface area is 152 Å². The highest BCUT2D eigenvalue weighted by Crippen LogP contribution is 2.14. The minimum absolute atomic E-state index is 0.172. The molecule has 0 unspecified atom stereocenters. The Bertz CT molecular complexity index is 871. The molecular weight excluding hydrogens is 364 g/mol. The van der Waals surface area contributed by atoms with E-state index >= 15 is 0 Å². The quantitative estimate of drug-likeness (QED) is 0.589. The van der Waals surface area contributed by atoms with Gasteiger partial charge in [-0.3, -0.25) is 0 Å². The highest BCUT2D eigenvalue weighted by atomic mass is 35.5. The number of nitrogens with zero attached hydrogens (tertiary/aromatic N) is 1. The molecule has 0 saturated carbocycles. The summed E-state index contributed by atoms with van der Waals surface area (Å²) in [7, 11) is -0.409. The van der Waals surface area contributed by atoms with Gasteiger partial charge in [0.1, 0.15) is 0 Å². The van der Waals surface area contributed by atoms with Crippen LogP contribution in [0.2, 0.25) is 5.02 Å². The molecule has 0 aliphatic carbocycles. The third-order valence-electron chi connectivity index (χ3n) is 3.65.